The van der Waals surface area contributed by atoms with E-state index < -0.39 is 0 Å². The summed E-state index contributed by atoms with van der Waals surface area (Å²) in [5.41, 5.74) is 2.15. The number of nitriles is 1. The first kappa shape index (κ1) is 17.8. The van der Waals surface area contributed by atoms with Gasteiger partial charge in [0.05, 0.1) is 11.6 Å². The zero-order valence-electron chi connectivity index (χ0n) is 15.1. The van der Waals surface area contributed by atoms with Crippen molar-refractivity contribution in [2.75, 3.05) is 42.9 Å². The van der Waals surface area contributed by atoms with E-state index in [1.165, 1.54) is 0 Å². The molecule has 1 aliphatic heterocycles. The van der Waals surface area contributed by atoms with Crippen molar-refractivity contribution in [1.29, 1.82) is 5.26 Å². The second-order valence-corrected chi connectivity index (χ2v) is 6.26. The van der Waals surface area contributed by atoms with Gasteiger partial charge in [0.15, 0.2) is 0 Å². The number of nitrogens with zero attached hydrogens (tertiary/aromatic N) is 5. The fourth-order valence-corrected chi connectivity index (χ4v) is 2.94. The Morgan fingerprint density at radius 1 is 1.23 bits per heavy atom. The molecule has 134 valence electrons. The molecule has 1 saturated heterocycles. The molecule has 0 bridgehead atoms. The lowest BCUT2D eigenvalue weighted by molar-refractivity contribution is 0.102. The van der Waals surface area contributed by atoms with Crippen LogP contribution in [0, 0.1) is 18.3 Å². The van der Waals surface area contributed by atoms with Crippen molar-refractivity contribution in [2.24, 2.45) is 0 Å². The van der Waals surface area contributed by atoms with Gasteiger partial charge in [0, 0.05) is 37.6 Å². The molecule has 1 aromatic heterocycles. The number of nitrogens with one attached hydrogen (secondary N) is 1. The molecule has 0 atom stereocenters. The third-order valence-electron chi connectivity index (χ3n) is 4.43. The number of benzene rings is 1. The van der Waals surface area contributed by atoms with Crippen molar-refractivity contribution in [3.05, 3.63) is 47.3 Å². The Morgan fingerprint density at radius 2 is 2.00 bits per heavy atom. The normalized spacial score (nSPS) is 14.7. The van der Waals surface area contributed by atoms with Gasteiger partial charge in [0.2, 0.25) is 5.95 Å². The molecule has 7 nitrogen and oxygen atoms in total. The SMILES string of the molecule is CCN1CCN(c2nc(C)cc(C(=O)Nc3cccc(C#N)c3)n2)CC1. The lowest BCUT2D eigenvalue weighted by atomic mass is 10.2. The van der Waals surface area contributed by atoms with Crippen molar-refractivity contribution in [2.45, 2.75) is 13.8 Å². The standard InChI is InChI=1S/C19H22N6O/c1-3-24-7-9-25(10-8-24)19-21-14(2)11-17(23-19)18(26)22-16-6-4-5-15(12-16)13-20/h4-6,11-12H,3,7-10H2,1-2H3,(H,22,26). The number of carbonyl (C=O) groups is 1. The maximum absolute atomic E-state index is 12.6. The minimum Gasteiger partial charge on any atom is -0.338 e. The summed E-state index contributed by atoms with van der Waals surface area (Å²) < 4.78 is 0. The molecular formula is C19H22N6O. The van der Waals surface area contributed by atoms with Crippen LogP contribution in [0.25, 0.3) is 0 Å². The summed E-state index contributed by atoms with van der Waals surface area (Å²) in [6, 6.07) is 10.5. The molecule has 1 amide bonds. The number of hydrogen-bond acceptors (Lipinski definition) is 6. The van der Waals surface area contributed by atoms with Crippen LogP contribution < -0.4 is 10.2 Å². The van der Waals surface area contributed by atoms with Crippen LogP contribution >= 0.6 is 0 Å². The molecule has 1 aliphatic rings. The fraction of sp³-hybridized carbons (Fsp3) is 0.368. The smallest absolute Gasteiger partial charge is 0.274 e. The van der Waals surface area contributed by atoms with Crippen molar-refractivity contribution >= 4 is 17.5 Å². The van der Waals surface area contributed by atoms with Crippen LogP contribution in [0.4, 0.5) is 11.6 Å². The van der Waals surface area contributed by atoms with Gasteiger partial charge in [-0.05, 0) is 37.7 Å². The molecule has 7 heteroatoms. The van der Waals surface area contributed by atoms with Gasteiger partial charge in [-0.15, -0.1) is 0 Å². The number of piperazine rings is 1. The summed E-state index contributed by atoms with van der Waals surface area (Å²) in [5.74, 6) is 0.288. The van der Waals surface area contributed by atoms with Gasteiger partial charge >= 0.3 is 0 Å². The highest BCUT2D eigenvalue weighted by Gasteiger charge is 2.20. The number of rotatable bonds is 4. The van der Waals surface area contributed by atoms with E-state index in [0.717, 1.165) is 38.4 Å². The Kier molecular flexibility index (Phi) is 5.44. The number of carbonyl (C=O) groups excluding carboxylic acids is 1. The molecule has 3 rings (SSSR count). The van der Waals surface area contributed by atoms with Crippen LogP contribution in [0.1, 0.15) is 28.7 Å². The van der Waals surface area contributed by atoms with Gasteiger partial charge in [-0.2, -0.15) is 5.26 Å². The number of amides is 1. The Bertz CT molecular complexity index is 836. The van der Waals surface area contributed by atoms with E-state index >= 15 is 0 Å². The predicted octanol–water partition coefficient (Wildman–Crippen LogP) is 2.05. The van der Waals surface area contributed by atoms with E-state index in [1.807, 2.05) is 6.92 Å². The Morgan fingerprint density at radius 3 is 2.69 bits per heavy atom. The average Bonchev–Trinajstić information content (AvgIpc) is 2.67. The summed E-state index contributed by atoms with van der Waals surface area (Å²) in [7, 11) is 0. The Labute approximate surface area is 153 Å². The number of likely N-dealkylation sites (N-methyl/N-ethyl adjacent to an activating group) is 1. The van der Waals surface area contributed by atoms with Gasteiger partial charge in [0.1, 0.15) is 5.69 Å². The topological polar surface area (TPSA) is 85.1 Å². The highest BCUT2D eigenvalue weighted by molar-refractivity contribution is 6.03. The molecule has 0 unspecified atom stereocenters. The van der Waals surface area contributed by atoms with E-state index in [0.29, 0.717) is 22.9 Å². The maximum Gasteiger partial charge on any atom is 0.274 e. The molecule has 1 fully saturated rings. The first-order valence-electron chi connectivity index (χ1n) is 8.73. The van der Waals surface area contributed by atoms with Crippen molar-refractivity contribution < 1.29 is 4.79 Å². The molecule has 1 N–H and O–H groups in total. The van der Waals surface area contributed by atoms with Crippen LogP contribution in [0.2, 0.25) is 0 Å². The molecule has 26 heavy (non-hydrogen) atoms. The molecule has 2 aromatic rings. The van der Waals surface area contributed by atoms with Crippen molar-refractivity contribution in [1.82, 2.24) is 14.9 Å². The minimum atomic E-state index is -0.306. The number of anilines is 2. The Balaban J connectivity index is 1.76. The van der Waals surface area contributed by atoms with E-state index in [4.69, 9.17) is 5.26 Å². The third-order valence-corrected chi connectivity index (χ3v) is 4.43. The number of hydrogen-bond donors (Lipinski definition) is 1. The first-order chi connectivity index (χ1) is 12.6. The lowest BCUT2D eigenvalue weighted by Gasteiger charge is -2.34. The molecular weight excluding hydrogens is 328 g/mol. The van der Waals surface area contributed by atoms with Crippen molar-refractivity contribution in [3.63, 3.8) is 0 Å². The van der Waals surface area contributed by atoms with Crippen LogP contribution in [0.15, 0.2) is 30.3 Å². The summed E-state index contributed by atoms with van der Waals surface area (Å²) in [6.45, 7) is 8.69. The summed E-state index contributed by atoms with van der Waals surface area (Å²) >= 11 is 0. The van der Waals surface area contributed by atoms with Gasteiger partial charge in [-0.25, -0.2) is 9.97 Å². The fourth-order valence-electron chi connectivity index (χ4n) is 2.94. The number of aryl methyl sites for hydroxylation is 1. The monoisotopic (exact) mass is 350 g/mol. The van der Waals surface area contributed by atoms with E-state index in [2.05, 4.69) is 38.1 Å². The van der Waals surface area contributed by atoms with E-state index in [9.17, 15) is 4.79 Å². The molecule has 1 aromatic carbocycles. The quantitative estimate of drug-likeness (QED) is 0.908. The average molecular weight is 350 g/mol. The van der Waals surface area contributed by atoms with Crippen LogP contribution in [0.3, 0.4) is 0 Å². The van der Waals surface area contributed by atoms with Crippen molar-refractivity contribution in [3.8, 4) is 6.07 Å². The van der Waals surface area contributed by atoms with Crippen LogP contribution in [0.5, 0.6) is 0 Å². The molecule has 0 spiro atoms. The predicted molar refractivity (Wildman–Crippen MR) is 100 cm³/mol. The Hall–Kier alpha value is -2.98. The van der Waals surface area contributed by atoms with Gasteiger partial charge in [0.25, 0.3) is 5.91 Å². The molecule has 0 saturated carbocycles. The zero-order chi connectivity index (χ0) is 18.5. The lowest BCUT2D eigenvalue weighted by Crippen LogP contribution is -2.47. The second-order valence-electron chi connectivity index (χ2n) is 6.26. The third kappa shape index (κ3) is 4.16. The second kappa shape index (κ2) is 7.93. The van der Waals surface area contributed by atoms with Gasteiger partial charge in [-0.3, -0.25) is 4.79 Å². The molecule has 0 aliphatic carbocycles. The van der Waals surface area contributed by atoms with Crippen LogP contribution in [-0.2, 0) is 0 Å². The first-order valence-corrected chi connectivity index (χ1v) is 8.73. The summed E-state index contributed by atoms with van der Waals surface area (Å²) in [4.78, 5) is 26.0. The highest BCUT2D eigenvalue weighted by Crippen LogP contribution is 2.15. The van der Waals surface area contributed by atoms with Crippen LogP contribution in [-0.4, -0.2) is 53.5 Å². The van der Waals surface area contributed by atoms with Gasteiger partial charge < -0.3 is 15.1 Å². The summed E-state index contributed by atoms with van der Waals surface area (Å²) in [6.07, 6.45) is 0. The maximum atomic E-state index is 12.6. The largest absolute Gasteiger partial charge is 0.338 e. The minimum absolute atomic E-state index is 0.306. The van der Waals surface area contributed by atoms with Gasteiger partial charge in [-0.1, -0.05) is 13.0 Å². The molecule has 0 radical (unpaired) electrons. The van der Waals surface area contributed by atoms with E-state index in [-0.39, 0.29) is 5.91 Å². The number of aromatic nitrogens is 2. The zero-order valence-corrected chi connectivity index (χ0v) is 15.1. The highest BCUT2D eigenvalue weighted by atomic mass is 16.1. The van der Waals surface area contributed by atoms with E-state index in [1.54, 1.807) is 30.3 Å². The molecule has 2 heterocycles. The summed E-state index contributed by atoms with van der Waals surface area (Å²) in [5, 5.41) is 11.8.